The number of carbonyl (C=O) groups is 2. The normalized spacial score (nSPS) is 12.8. The van der Waals surface area contributed by atoms with Crippen LogP contribution in [0.5, 0.6) is 5.75 Å². The van der Waals surface area contributed by atoms with Crippen molar-refractivity contribution in [2.24, 2.45) is 7.05 Å². The van der Waals surface area contributed by atoms with Crippen LogP contribution in [0.1, 0.15) is 10.4 Å². The van der Waals surface area contributed by atoms with E-state index >= 15 is 0 Å². The lowest BCUT2D eigenvalue weighted by Gasteiger charge is -2.18. The summed E-state index contributed by atoms with van der Waals surface area (Å²) in [5.74, 6) is 0.0459. The second kappa shape index (κ2) is 7.00. The van der Waals surface area contributed by atoms with Gasteiger partial charge in [-0.05, 0) is 30.3 Å². The van der Waals surface area contributed by atoms with Gasteiger partial charge in [0.25, 0.3) is 11.8 Å². The molecule has 0 bridgehead atoms. The second-order valence-corrected chi connectivity index (χ2v) is 6.91. The zero-order valence-electron chi connectivity index (χ0n) is 16.0. The van der Waals surface area contributed by atoms with Gasteiger partial charge in [-0.1, -0.05) is 18.2 Å². The van der Waals surface area contributed by atoms with Gasteiger partial charge in [0.15, 0.2) is 6.61 Å². The van der Waals surface area contributed by atoms with E-state index in [9.17, 15) is 9.59 Å². The van der Waals surface area contributed by atoms with E-state index in [-0.39, 0.29) is 18.4 Å². The molecule has 0 fully saturated rings. The molecule has 5 rings (SSSR count). The summed E-state index contributed by atoms with van der Waals surface area (Å²) in [6, 6.07) is 16.2. The Labute approximate surface area is 171 Å². The van der Waals surface area contributed by atoms with E-state index in [1.165, 1.54) is 0 Å². The number of benzene rings is 2. The van der Waals surface area contributed by atoms with E-state index in [1.807, 2.05) is 37.4 Å². The molecule has 3 heterocycles. The van der Waals surface area contributed by atoms with Crippen LogP contribution in [-0.4, -0.2) is 33.2 Å². The Bertz CT molecular complexity index is 1310. The van der Waals surface area contributed by atoms with Crippen molar-refractivity contribution in [3.8, 4) is 17.1 Å². The van der Waals surface area contributed by atoms with Crippen LogP contribution >= 0.6 is 0 Å². The minimum absolute atomic E-state index is 0.0482. The predicted octanol–water partition coefficient (Wildman–Crippen LogP) is 3.22. The number of nitrogens with one attached hydrogen (secondary N) is 2. The van der Waals surface area contributed by atoms with E-state index in [4.69, 9.17) is 9.72 Å². The Morgan fingerprint density at radius 1 is 1.17 bits per heavy atom. The lowest BCUT2D eigenvalue weighted by molar-refractivity contribution is -0.118. The van der Waals surface area contributed by atoms with Crippen molar-refractivity contribution in [1.29, 1.82) is 0 Å². The molecule has 0 aliphatic carbocycles. The number of pyridine rings is 1. The van der Waals surface area contributed by atoms with Crippen molar-refractivity contribution in [3.05, 3.63) is 66.4 Å². The molecule has 30 heavy (non-hydrogen) atoms. The molecule has 0 radical (unpaired) electrons. The van der Waals surface area contributed by atoms with Gasteiger partial charge in [-0.2, -0.15) is 5.10 Å². The highest BCUT2D eigenvalue weighted by Crippen LogP contribution is 2.31. The number of aromatic nitrogens is 3. The minimum Gasteiger partial charge on any atom is -0.482 e. The molecule has 8 heteroatoms. The van der Waals surface area contributed by atoms with Crippen LogP contribution in [0.2, 0.25) is 0 Å². The first-order valence-electron chi connectivity index (χ1n) is 9.35. The third-order valence-corrected chi connectivity index (χ3v) is 4.92. The number of nitrogens with zero attached hydrogens (tertiary/aromatic N) is 3. The van der Waals surface area contributed by atoms with E-state index in [1.54, 1.807) is 35.1 Å². The summed E-state index contributed by atoms with van der Waals surface area (Å²) in [4.78, 5) is 29.3. The average molecular weight is 399 g/mol. The molecule has 0 atom stereocenters. The fourth-order valence-corrected chi connectivity index (χ4v) is 3.47. The van der Waals surface area contributed by atoms with Gasteiger partial charge >= 0.3 is 0 Å². The number of rotatable bonds is 3. The lowest BCUT2D eigenvalue weighted by atomic mass is 10.1. The number of hydrogen-bond donors (Lipinski definition) is 2. The van der Waals surface area contributed by atoms with E-state index in [0.29, 0.717) is 28.4 Å². The Morgan fingerprint density at radius 3 is 2.87 bits per heavy atom. The molecule has 0 saturated carbocycles. The van der Waals surface area contributed by atoms with Crippen molar-refractivity contribution in [1.82, 2.24) is 14.8 Å². The van der Waals surface area contributed by atoms with Crippen LogP contribution < -0.4 is 15.4 Å². The first-order valence-corrected chi connectivity index (χ1v) is 9.35. The zero-order valence-corrected chi connectivity index (χ0v) is 16.0. The topological polar surface area (TPSA) is 98.1 Å². The van der Waals surface area contributed by atoms with Crippen LogP contribution in [0.25, 0.3) is 22.3 Å². The Kier molecular flexibility index (Phi) is 4.17. The van der Waals surface area contributed by atoms with Crippen LogP contribution in [0.15, 0.2) is 60.8 Å². The molecule has 1 aliphatic rings. The summed E-state index contributed by atoms with van der Waals surface area (Å²) in [6.45, 7) is -0.0482. The maximum absolute atomic E-state index is 13.2. The molecule has 2 amide bonds. The van der Waals surface area contributed by atoms with Crippen molar-refractivity contribution in [2.75, 3.05) is 17.2 Å². The third-order valence-electron chi connectivity index (χ3n) is 4.92. The largest absolute Gasteiger partial charge is 0.482 e. The molecule has 4 aromatic rings. The van der Waals surface area contributed by atoms with E-state index in [2.05, 4.69) is 15.7 Å². The van der Waals surface area contributed by atoms with E-state index in [0.717, 1.165) is 16.6 Å². The van der Waals surface area contributed by atoms with Crippen molar-refractivity contribution < 1.29 is 14.3 Å². The molecule has 2 aromatic carbocycles. The number of para-hydroxylation sites is 1. The van der Waals surface area contributed by atoms with Crippen LogP contribution in [0.3, 0.4) is 0 Å². The summed E-state index contributed by atoms with van der Waals surface area (Å²) in [5, 5.41) is 10.6. The maximum Gasteiger partial charge on any atom is 0.262 e. The van der Waals surface area contributed by atoms with Gasteiger partial charge in [-0.3, -0.25) is 14.3 Å². The summed E-state index contributed by atoms with van der Waals surface area (Å²) in [5.41, 5.74) is 3.85. The number of hydrogen-bond acceptors (Lipinski definition) is 5. The molecule has 2 N–H and O–H groups in total. The van der Waals surface area contributed by atoms with Gasteiger partial charge in [0.1, 0.15) is 5.75 Å². The monoisotopic (exact) mass is 399 g/mol. The molecule has 8 nitrogen and oxygen atoms in total. The first-order chi connectivity index (χ1) is 14.6. The SMILES string of the molecule is Cn1nccc1-c1cc(C(=O)Nc2ccc3c(c2)OCC(=O)N3)c2ccccc2n1. The van der Waals surface area contributed by atoms with Crippen LogP contribution in [0.4, 0.5) is 11.4 Å². The highest BCUT2D eigenvalue weighted by molar-refractivity contribution is 6.13. The van der Waals surface area contributed by atoms with Gasteiger partial charge in [0.2, 0.25) is 0 Å². The average Bonchev–Trinajstić information content (AvgIpc) is 3.19. The quantitative estimate of drug-likeness (QED) is 0.551. The second-order valence-electron chi connectivity index (χ2n) is 6.91. The summed E-state index contributed by atoms with van der Waals surface area (Å²) >= 11 is 0. The number of amides is 2. The van der Waals surface area contributed by atoms with Crippen molar-refractivity contribution in [2.45, 2.75) is 0 Å². The maximum atomic E-state index is 13.2. The van der Waals surface area contributed by atoms with Gasteiger partial charge in [-0.15, -0.1) is 0 Å². The fraction of sp³-hybridized carbons (Fsp3) is 0.0909. The third kappa shape index (κ3) is 3.14. The minimum atomic E-state index is -0.267. The van der Waals surface area contributed by atoms with Gasteiger partial charge < -0.3 is 15.4 Å². The summed E-state index contributed by atoms with van der Waals surface area (Å²) < 4.78 is 7.15. The molecule has 2 aromatic heterocycles. The van der Waals surface area contributed by atoms with Gasteiger partial charge in [-0.25, -0.2) is 4.98 Å². The van der Waals surface area contributed by atoms with E-state index < -0.39 is 0 Å². The van der Waals surface area contributed by atoms with Crippen LogP contribution in [-0.2, 0) is 11.8 Å². The standard InChI is InChI=1S/C22H17N5O3/c1-27-19(8-9-23-27)18-11-15(14-4-2-3-5-16(14)25-18)22(29)24-13-6-7-17-20(10-13)30-12-21(28)26-17/h2-11H,12H2,1H3,(H,24,29)(H,26,28). The molecule has 0 saturated heterocycles. The fourth-order valence-electron chi connectivity index (χ4n) is 3.47. The molecule has 0 unspecified atom stereocenters. The molecular formula is C22H17N5O3. The Balaban J connectivity index is 1.53. The highest BCUT2D eigenvalue weighted by Gasteiger charge is 2.18. The highest BCUT2D eigenvalue weighted by atomic mass is 16.5. The van der Waals surface area contributed by atoms with Gasteiger partial charge in [0.05, 0.1) is 28.2 Å². The number of carbonyl (C=O) groups excluding carboxylic acids is 2. The number of aryl methyl sites for hydroxylation is 1. The van der Waals surface area contributed by atoms with Crippen molar-refractivity contribution >= 4 is 34.1 Å². The molecular weight excluding hydrogens is 382 g/mol. The van der Waals surface area contributed by atoms with Gasteiger partial charge in [0, 0.05) is 30.4 Å². The molecule has 0 spiro atoms. The van der Waals surface area contributed by atoms with Crippen LogP contribution in [0, 0.1) is 0 Å². The number of fused-ring (bicyclic) bond motifs is 2. The number of ether oxygens (including phenoxy) is 1. The smallest absolute Gasteiger partial charge is 0.262 e. The molecule has 148 valence electrons. The number of anilines is 2. The van der Waals surface area contributed by atoms with Crippen molar-refractivity contribution in [3.63, 3.8) is 0 Å². The Morgan fingerprint density at radius 2 is 2.03 bits per heavy atom. The molecule has 1 aliphatic heterocycles. The zero-order chi connectivity index (χ0) is 20.7. The summed E-state index contributed by atoms with van der Waals surface area (Å²) in [7, 11) is 1.83. The predicted molar refractivity (Wildman–Crippen MR) is 112 cm³/mol. The first kappa shape index (κ1) is 17.9. The Hall–Kier alpha value is -4.20. The lowest BCUT2D eigenvalue weighted by Crippen LogP contribution is -2.25. The summed E-state index contributed by atoms with van der Waals surface area (Å²) in [6.07, 6.45) is 1.69.